The second-order valence-corrected chi connectivity index (χ2v) is 10.7. The lowest BCUT2D eigenvalue weighted by atomic mass is 10.1. The lowest BCUT2D eigenvalue weighted by Gasteiger charge is -2.34. The average Bonchev–Trinajstić information content (AvgIpc) is 2.78. The highest BCUT2D eigenvalue weighted by atomic mass is 32.2. The first-order valence-corrected chi connectivity index (χ1v) is 12.8. The molecular weight excluding hydrogens is 452 g/mol. The number of nitrogens with one attached hydrogen (secondary N) is 1. The van der Waals surface area contributed by atoms with E-state index in [4.69, 9.17) is 0 Å². The number of rotatable bonds is 11. The maximum Gasteiger partial charge on any atom is 0.304 e. The zero-order chi connectivity index (χ0) is 25.5. The Hall–Kier alpha value is -2.91. The number of nitrogens with zero attached hydrogens (tertiary/aromatic N) is 3. The van der Waals surface area contributed by atoms with Gasteiger partial charge in [0.25, 0.3) is 0 Å². The third-order valence-electron chi connectivity index (χ3n) is 5.48. The fourth-order valence-corrected chi connectivity index (χ4v) is 4.64. The number of amides is 2. The van der Waals surface area contributed by atoms with Gasteiger partial charge in [-0.25, -0.2) is 4.31 Å². The van der Waals surface area contributed by atoms with Crippen LogP contribution in [0, 0.1) is 6.92 Å². The van der Waals surface area contributed by atoms with Crippen LogP contribution in [0.15, 0.2) is 54.6 Å². The van der Waals surface area contributed by atoms with Gasteiger partial charge in [0.1, 0.15) is 12.6 Å². The molecule has 2 rings (SSSR count). The van der Waals surface area contributed by atoms with Crippen molar-refractivity contribution in [1.82, 2.24) is 14.5 Å². The minimum Gasteiger partial charge on any atom is -0.352 e. The summed E-state index contributed by atoms with van der Waals surface area (Å²) < 4.78 is 28.4. The van der Waals surface area contributed by atoms with Crippen molar-refractivity contribution in [3.05, 3.63) is 65.7 Å². The van der Waals surface area contributed by atoms with Gasteiger partial charge in [0.05, 0.1) is 5.69 Å². The number of para-hydroxylation sites is 1. The Bertz CT molecular complexity index is 1070. The third-order valence-corrected chi connectivity index (χ3v) is 7.30. The van der Waals surface area contributed by atoms with Crippen molar-refractivity contribution < 1.29 is 18.0 Å². The standard InChI is InChI=1S/C25H36N4O4S/c1-7-23(25(31)26-19(2)3)28(17-21-14-12-11-13-20(21)4)24(30)18-29(34(32,33)27(5)6)22-15-9-8-10-16-22/h8-16,19,23H,7,17-18H2,1-6H3,(H,26,31). The van der Waals surface area contributed by atoms with Crippen molar-refractivity contribution >= 4 is 27.7 Å². The summed E-state index contributed by atoms with van der Waals surface area (Å²) >= 11 is 0. The van der Waals surface area contributed by atoms with Gasteiger partial charge in [-0.05, 0) is 50.5 Å². The molecule has 2 aromatic carbocycles. The SMILES string of the molecule is CCC(C(=O)NC(C)C)N(Cc1ccccc1C)C(=O)CN(c1ccccc1)S(=O)(=O)N(C)C. The molecule has 1 unspecified atom stereocenters. The smallest absolute Gasteiger partial charge is 0.304 e. The van der Waals surface area contributed by atoms with Gasteiger partial charge in [-0.1, -0.05) is 49.4 Å². The van der Waals surface area contributed by atoms with E-state index in [-0.39, 0.29) is 18.5 Å². The third kappa shape index (κ3) is 6.80. The lowest BCUT2D eigenvalue weighted by Crippen LogP contribution is -2.54. The van der Waals surface area contributed by atoms with Crippen LogP contribution in [0.2, 0.25) is 0 Å². The zero-order valence-electron chi connectivity index (χ0n) is 20.9. The number of hydrogen-bond acceptors (Lipinski definition) is 4. The first-order valence-electron chi connectivity index (χ1n) is 11.4. The normalized spacial score (nSPS) is 12.5. The summed E-state index contributed by atoms with van der Waals surface area (Å²) in [5.74, 6) is -0.718. The van der Waals surface area contributed by atoms with Gasteiger partial charge in [0, 0.05) is 26.7 Å². The molecule has 2 aromatic rings. The van der Waals surface area contributed by atoms with Crippen LogP contribution in [0.4, 0.5) is 5.69 Å². The Morgan fingerprint density at radius 3 is 2.09 bits per heavy atom. The van der Waals surface area contributed by atoms with Crippen molar-refractivity contribution in [3.8, 4) is 0 Å². The number of carbonyl (C=O) groups is 2. The van der Waals surface area contributed by atoms with Gasteiger partial charge in [0.15, 0.2) is 0 Å². The number of aryl methyl sites for hydroxylation is 1. The average molecular weight is 489 g/mol. The molecule has 0 saturated heterocycles. The molecule has 0 bridgehead atoms. The van der Waals surface area contributed by atoms with Gasteiger partial charge in [0.2, 0.25) is 11.8 Å². The summed E-state index contributed by atoms with van der Waals surface area (Å²) in [5.41, 5.74) is 2.26. The molecule has 1 N–H and O–H groups in total. The minimum atomic E-state index is -3.95. The summed E-state index contributed by atoms with van der Waals surface area (Å²) in [6.07, 6.45) is 0.391. The van der Waals surface area contributed by atoms with E-state index in [1.165, 1.54) is 19.0 Å². The Morgan fingerprint density at radius 2 is 1.56 bits per heavy atom. The molecule has 0 aromatic heterocycles. The van der Waals surface area contributed by atoms with E-state index in [1.54, 1.807) is 30.3 Å². The zero-order valence-corrected chi connectivity index (χ0v) is 21.7. The van der Waals surface area contributed by atoms with Gasteiger partial charge in [-0.15, -0.1) is 0 Å². The molecule has 9 heteroatoms. The van der Waals surface area contributed by atoms with Crippen LogP contribution in [0.1, 0.15) is 38.3 Å². The van der Waals surface area contributed by atoms with Gasteiger partial charge in [-0.3, -0.25) is 9.59 Å². The molecular formula is C25H36N4O4S. The van der Waals surface area contributed by atoms with Crippen LogP contribution in [-0.4, -0.2) is 62.2 Å². The Kier molecular flexibility index (Phi) is 9.64. The molecule has 0 heterocycles. The molecule has 0 spiro atoms. The van der Waals surface area contributed by atoms with E-state index in [1.807, 2.05) is 52.0 Å². The molecule has 186 valence electrons. The first-order chi connectivity index (χ1) is 16.0. The van der Waals surface area contributed by atoms with E-state index in [2.05, 4.69) is 5.32 Å². The van der Waals surface area contributed by atoms with Crippen LogP contribution < -0.4 is 9.62 Å². The van der Waals surface area contributed by atoms with E-state index in [9.17, 15) is 18.0 Å². The Morgan fingerprint density at radius 1 is 0.971 bits per heavy atom. The predicted octanol–water partition coefficient (Wildman–Crippen LogP) is 2.94. The summed E-state index contributed by atoms with van der Waals surface area (Å²) in [7, 11) is -1.11. The highest BCUT2D eigenvalue weighted by Gasteiger charge is 2.34. The van der Waals surface area contributed by atoms with Crippen molar-refractivity contribution in [2.24, 2.45) is 0 Å². The van der Waals surface area contributed by atoms with Crippen LogP contribution >= 0.6 is 0 Å². The summed E-state index contributed by atoms with van der Waals surface area (Å²) in [6.45, 7) is 7.27. The van der Waals surface area contributed by atoms with Crippen LogP contribution in [0.25, 0.3) is 0 Å². The lowest BCUT2D eigenvalue weighted by molar-refractivity contribution is -0.140. The topological polar surface area (TPSA) is 90.0 Å². The second-order valence-electron chi connectivity index (χ2n) is 8.67. The number of benzene rings is 2. The summed E-state index contributed by atoms with van der Waals surface area (Å²) in [5, 5.41) is 2.89. The highest BCUT2D eigenvalue weighted by molar-refractivity contribution is 7.90. The van der Waals surface area contributed by atoms with Gasteiger partial charge >= 0.3 is 10.2 Å². The molecule has 0 aliphatic carbocycles. The van der Waals surface area contributed by atoms with E-state index in [0.29, 0.717) is 12.1 Å². The predicted molar refractivity (Wildman–Crippen MR) is 135 cm³/mol. The second kappa shape index (κ2) is 12.0. The molecule has 2 amide bonds. The number of carbonyl (C=O) groups excluding carboxylic acids is 2. The molecule has 0 radical (unpaired) electrons. The minimum absolute atomic E-state index is 0.0908. The first kappa shape index (κ1) is 27.3. The maximum atomic E-state index is 13.7. The summed E-state index contributed by atoms with van der Waals surface area (Å²) in [6, 6.07) is 15.3. The molecule has 0 fully saturated rings. The van der Waals surface area contributed by atoms with Gasteiger partial charge in [-0.2, -0.15) is 12.7 Å². The molecule has 8 nitrogen and oxygen atoms in total. The van der Waals surface area contributed by atoms with Crippen LogP contribution in [0.3, 0.4) is 0 Å². The van der Waals surface area contributed by atoms with Crippen molar-refractivity contribution in [3.63, 3.8) is 0 Å². The van der Waals surface area contributed by atoms with E-state index < -0.39 is 28.7 Å². The fourth-order valence-electron chi connectivity index (χ4n) is 3.58. The van der Waals surface area contributed by atoms with Crippen molar-refractivity contribution in [1.29, 1.82) is 0 Å². The quantitative estimate of drug-likeness (QED) is 0.527. The summed E-state index contributed by atoms with van der Waals surface area (Å²) in [4.78, 5) is 28.2. The molecule has 34 heavy (non-hydrogen) atoms. The van der Waals surface area contributed by atoms with Crippen LogP contribution in [0.5, 0.6) is 0 Å². The monoisotopic (exact) mass is 488 g/mol. The van der Waals surface area contributed by atoms with E-state index >= 15 is 0 Å². The maximum absolute atomic E-state index is 13.7. The molecule has 0 aliphatic rings. The molecule has 1 atom stereocenters. The van der Waals surface area contributed by atoms with E-state index in [0.717, 1.165) is 19.7 Å². The largest absolute Gasteiger partial charge is 0.352 e. The molecule has 0 saturated carbocycles. The number of hydrogen-bond donors (Lipinski definition) is 1. The van der Waals surface area contributed by atoms with Crippen molar-refractivity contribution in [2.45, 2.75) is 52.7 Å². The number of anilines is 1. The van der Waals surface area contributed by atoms with Crippen LogP contribution in [-0.2, 0) is 26.3 Å². The van der Waals surface area contributed by atoms with Gasteiger partial charge < -0.3 is 10.2 Å². The fraction of sp³-hybridized carbons (Fsp3) is 0.440. The Balaban J connectivity index is 2.49. The molecule has 0 aliphatic heterocycles. The van der Waals surface area contributed by atoms with Crippen molar-refractivity contribution in [2.75, 3.05) is 24.9 Å². The Labute approximate surface area is 203 Å². The highest BCUT2D eigenvalue weighted by Crippen LogP contribution is 2.21.